The molecule has 0 bridgehead atoms. The highest BCUT2D eigenvalue weighted by Crippen LogP contribution is 2.22. The van der Waals surface area contributed by atoms with Gasteiger partial charge < -0.3 is 10.6 Å². The van der Waals surface area contributed by atoms with Crippen molar-refractivity contribution in [3.63, 3.8) is 0 Å². The van der Waals surface area contributed by atoms with Crippen molar-refractivity contribution < 1.29 is 4.79 Å². The van der Waals surface area contributed by atoms with Crippen LogP contribution in [0.4, 0.5) is 0 Å². The van der Waals surface area contributed by atoms with E-state index in [1.807, 2.05) is 6.92 Å². The molecule has 1 saturated heterocycles. The minimum absolute atomic E-state index is 0.0498. The van der Waals surface area contributed by atoms with E-state index < -0.39 is 0 Å². The average molecular weight is 263 g/mol. The monoisotopic (exact) mass is 263 g/mol. The summed E-state index contributed by atoms with van der Waals surface area (Å²) < 4.78 is 0. The van der Waals surface area contributed by atoms with Gasteiger partial charge in [0.15, 0.2) is 0 Å². The molecule has 1 heterocycles. The Morgan fingerprint density at radius 3 is 2.95 bits per heavy atom. The van der Waals surface area contributed by atoms with Gasteiger partial charge in [0.1, 0.15) is 0 Å². The minimum atomic E-state index is -0.0722. The van der Waals surface area contributed by atoms with Crippen LogP contribution in [-0.2, 0) is 4.79 Å². The Bertz CT molecular complexity index is 346. The van der Waals surface area contributed by atoms with Crippen LogP contribution in [-0.4, -0.2) is 49.1 Å². The number of nitrogens with zero attached hydrogens (tertiary/aromatic N) is 1. The van der Waals surface area contributed by atoms with Crippen molar-refractivity contribution in [3.8, 4) is 12.3 Å². The number of carbonyl (C=O) groups is 1. The van der Waals surface area contributed by atoms with Gasteiger partial charge in [-0.3, -0.25) is 9.69 Å². The number of hydrogen-bond acceptors (Lipinski definition) is 3. The number of terminal acetylenes is 1. The summed E-state index contributed by atoms with van der Waals surface area (Å²) in [5, 5.41) is 6.37. The third kappa shape index (κ3) is 4.52. The molecule has 106 valence electrons. The maximum absolute atomic E-state index is 11.9. The summed E-state index contributed by atoms with van der Waals surface area (Å²) in [6.07, 6.45) is 10.3. The van der Waals surface area contributed by atoms with Crippen LogP contribution in [0.1, 0.15) is 32.6 Å². The highest BCUT2D eigenvalue weighted by atomic mass is 16.2. The Hall–Kier alpha value is -1.05. The Kier molecular flexibility index (Phi) is 5.24. The molecular weight excluding hydrogens is 238 g/mol. The minimum Gasteiger partial charge on any atom is -0.344 e. The van der Waals surface area contributed by atoms with E-state index in [1.54, 1.807) is 0 Å². The van der Waals surface area contributed by atoms with Gasteiger partial charge in [0.25, 0.3) is 0 Å². The van der Waals surface area contributed by atoms with E-state index in [0.29, 0.717) is 12.5 Å². The molecule has 0 aromatic rings. The van der Waals surface area contributed by atoms with Crippen LogP contribution in [0, 0.1) is 18.3 Å². The Morgan fingerprint density at radius 1 is 1.47 bits per heavy atom. The molecule has 1 aliphatic heterocycles. The number of amides is 1. The van der Waals surface area contributed by atoms with Gasteiger partial charge in [-0.15, -0.1) is 6.42 Å². The fourth-order valence-corrected chi connectivity index (χ4v) is 2.69. The first-order valence-corrected chi connectivity index (χ1v) is 7.39. The summed E-state index contributed by atoms with van der Waals surface area (Å²) in [7, 11) is 0. The van der Waals surface area contributed by atoms with E-state index in [0.717, 1.165) is 25.7 Å². The molecule has 2 unspecified atom stereocenters. The van der Waals surface area contributed by atoms with Crippen molar-refractivity contribution in [1.82, 2.24) is 15.5 Å². The van der Waals surface area contributed by atoms with Crippen molar-refractivity contribution >= 4 is 5.91 Å². The number of nitrogens with one attached hydrogen (secondary N) is 2. The van der Waals surface area contributed by atoms with E-state index in [9.17, 15) is 4.79 Å². The zero-order valence-electron chi connectivity index (χ0n) is 11.8. The van der Waals surface area contributed by atoms with E-state index in [4.69, 9.17) is 6.42 Å². The molecule has 2 atom stereocenters. The summed E-state index contributed by atoms with van der Waals surface area (Å²) in [5.74, 6) is 3.17. The fraction of sp³-hybridized carbons (Fsp3) is 0.800. The molecule has 19 heavy (non-hydrogen) atoms. The zero-order valence-corrected chi connectivity index (χ0v) is 11.8. The highest BCUT2D eigenvalue weighted by molar-refractivity contribution is 5.81. The van der Waals surface area contributed by atoms with Gasteiger partial charge in [-0.2, -0.15) is 0 Å². The lowest BCUT2D eigenvalue weighted by atomic mass is 9.96. The zero-order chi connectivity index (χ0) is 13.7. The molecule has 0 aromatic carbocycles. The molecule has 1 aliphatic carbocycles. The third-order valence-electron chi connectivity index (χ3n) is 4.11. The van der Waals surface area contributed by atoms with Gasteiger partial charge in [-0.25, -0.2) is 0 Å². The van der Waals surface area contributed by atoms with E-state index >= 15 is 0 Å². The van der Waals surface area contributed by atoms with E-state index in [2.05, 4.69) is 21.5 Å². The quantitative estimate of drug-likeness (QED) is 0.689. The Balaban J connectivity index is 1.75. The largest absolute Gasteiger partial charge is 0.344 e. The van der Waals surface area contributed by atoms with Gasteiger partial charge in [-0.05, 0) is 51.6 Å². The second kappa shape index (κ2) is 6.93. The first-order chi connectivity index (χ1) is 9.20. The van der Waals surface area contributed by atoms with Gasteiger partial charge in [0, 0.05) is 12.6 Å². The van der Waals surface area contributed by atoms with Gasteiger partial charge in [-0.1, -0.05) is 5.92 Å². The molecule has 1 amide bonds. The second-order valence-electron chi connectivity index (χ2n) is 5.78. The predicted octanol–water partition coefficient (Wildman–Crippen LogP) is 0.588. The van der Waals surface area contributed by atoms with Crippen LogP contribution >= 0.6 is 0 Å². The predicted molar refractivity (Wildman–Crippen MR) is 76.6 cm³/mol. The van der Waals surface area contributed by atoms with Crippen LogP contribution in [0.5, 0.6) is 0 Å². The molecule has 0 spiro atoms. The standard InChI is InChI=1S/C15H25N3O/c1-3-8-16-15(19)12(2)18-9-4-5-13(11-18)10-17-14-6-7-14/h1,12-14,17H,4-11H2,2H3,(H,16,19). The topological polar surface area (TPSA) is 44.4 Å². The molecule has 1 saturated carbocycles. The van der Waals surface area contributed by atoms with Crippen LogP contribution in [0.2, 0.25) is 0 Å². The van der Waals surface area contributed by atoms with Crippen molar-refractivity contribution in [1.29, 1.82) is 0 Å². The molecule has 4 heteroatoms. The Morgan fingerprint density at radius 2 is 2.26 bits per heavy atom. The lowest BCUT2D eigenvalue weighted by Gasteiger charge is -2.36. The smallest absolute Gasteiger partial charge is 0.237 e. The molecule has 2 rings (SSSR count). The number of hydrogen-bond donors (Lipinski definition) is 2. The van der Waals surface area contributed by atoms with Crippen molar-refractivity contribution in [2.75, 3.05) is 26.2 Å². The lowest BCUT2D eigenvalue weighted by molar-refractivity contribution is -0.126. The van der Waals surface area contributed by atoms with Crippen molar-refractivity contribution in [2.45, 2.75) is 44.7 Å². The summed E-state index contributed by atoms with van der Waals surface area (Å²) in [5.41, 5.74) is 0. The van der Waals surface area contributed by atoms with Gasteiger partial charge in [0.2, 0.25) is 5.91 Å². The maximum Gasteiger partial charge on any atom is 0.237 e. The molecule has 0 radical (unpaired) electrons. The van der Waals surface area contributed by atoms with Crippen LogP contribution in [0.25, 0.3) is 0 Å². The van der Waals surface area contributed by atoms with E-state index in [1.165, 1.54) is 25.7 Å². The van der Waals surface area contributed by atoms with E-state index in [-0.39, 0.29) is 11.9 Å². The fourth-order valence-electron chi connectivity index (χ4n) is 2.69. The first-order valence-electron chi connectivity index (χ1n) is 7.39. The Labute approximate surface area is 116 Å². The second-order valence-corrected chi connectivity index (χ2v) is 5.78. The van der Waals surface area contributed by atoms with Crippen molar-refractivity contribution in [2.24, 2.45) is 5.92 Å². The molecule has 4 nitrogen and oxygen atoms in total. The molecular formula is C15H25N3O. The van der Waals surface area contributed by atoms with Gasteiger partial charge in [0.05, 0.1) is 12.6 Å². The first kappa shape index (κ1) is 14.4. The number of piperidine rings is 1. The third-order valence-corrected chi connectivity index (χ3v) is 4.11. The normalized spacial score (nSPS) is 25.6. The molecule has 2 fully saturated rings. The van der Waals surface area contributed by atoms with Crippen LogP contribution in [0.15, 0.2) is 0 Å². The van der Waals surface area contributed by atoms with Crippen LogP contribution in [0.3, 0.4) is 0 Å². The summed E-state index contributed by atoms with van der Waals surface area (Å²) in [6.45, 7) is 5.43. The number of likely N-dealkylation sites (tertiary alicyclic amines) is 1. The lowest BCUT2D eigenvalue weighted by Crippen LogP contribution is -2.50. The summed E-state index contributed by atoms with van der Waals surface area (Å²) in [6, 6.07) is 0.698. The highest BCUT2D eigenvalue weighted by Gasteiger charge is 2.28. The van der Waals surface area contributed by atoms with Gasteiger partial charge >= 0.3 is 0 Å². The summed E-state index contributed by atoms with van der Waals surface area (Å²) in [4.78, 5) is 14.2. The number of carbonyl (C=O) groups excluding carboxylic acids is 1. The molecule has 0 aromatic heterocycles. The molecule has 2 N–H and O–H groups in total. The molecule has 2 aliphatic rings. The maximum atomic E-state index is 11.9. The SMILES string of the molecule is C#CCNC(=O)C(C)N1CCCC(CNC2CC2)C1. The number of rotatable bonds is 6. The van der Waals surface area contributed by atoms with Crippen LogP contribution < -0.4 is 10.6 Å². The summed E-state index contributed by atoms with van der Waals surface area (Å²) >= 11 is 0. The van der Waals surface area contributed by atoms with Crippen molar-refractivity contribution in [3.05, 3.63) is 0 Å². The average Bonchev–Trinajstić information content (AvgIpc) is 3.26.